The van der Waals surface area contributed by atoms with Crippen molar-refractivity contribution in [1.29, 1.82) is 0 Å². The van der Waals surface area contributed by atoms with Crippen LogP contribution >= 0.6 is 11.6 Å². The fraction of sp³-hybridized carbons (Fsp3) is 0.158. The van der Waals surface area contributed by atoms with Crippen molar-refractivity contribution >= 4 is 34.2 Å². The molecule has 0 radical (unpaired) electrons. The molecule has 3 aromatic rings. The largest absolute Gasteiger partial charge is 0.484 e. The number of fused-ring (bicyclic) bond motifs is 1. The highest BCUT2D eigenvalue weighted by atomic mass is 35.5. The minimum atomic E-state index is -0.955. The van der Waals surface area contributed by atoms with Crippen molar-refractivity contribution in [2.75, 3.05) is 18.8 Å². The van der Waals surface area contributed by atoms with E-state index in [1.165, 1.54) is 24.7 Å². The van der Waals surface area contributed by atoms with Crippen molar-refractivity contribution in [2.24, 2.45) is 0 Å². The lowest BCUT2D eigenvalue weighted by atomic mass is 10.1. The second kappa shape index (κ2) is 7.25. The number of pyridine rings is 1. The van der Waals surface area contributed by atoms with Gasteiger partial charge in [0.15, 0.2) is 11.6 Å². The van der Waals surface area contributed by atoms with Crippen LogP contribution in [0.5, 0.6) is 5.75 Å². The van der Waals surface area contributed by atoms with Gasteiger partial charge in [0, 0.05) is 5.56 Å². The van der Waals surface area contributed by atoms with Gasteiger partial charge in [-0.15, -0.1) is 0 Å². The van der Waals surface area contributed by atoms with Crippen LogP contribution < -0.4 is 10.5 Å². The molecular formula is C19H14ClF2N5O2. The van der Waals surface area contributed by atoms with E-state index in [-0.39, 0.29) is 34.6 Å². The van der Waals surface area contributed by atoms with Gasteiger partial charge in [0.25, 0.3) is 0 Å². The van der Waals surface area contributed by atoms with Gasteiger partial charge >= 0.3 is 0 Å². The molecule has 0 aliphatic carbocycles. The van der Waals surface area contributed by atoms with Gasteiger partial charge in [0.2, 0.25) is 5.91 Å². The average Bonchev–Trinajstić information content (AvgIpc) is 2.68. The Labute approximate surface area is 168 Å². The van der Waals surface area contributed by atoms with E-state index in [0.29, 0.717) is 24.2 Å². The Morgan fingerprint density at radius 1 is 1.31 bits per heavy atom. The molecule has 1 amide bonds. The first-order valence-electron chi connectivity index (χ1n) is 8.51. The van der Waals surface area contributed by atoms with E-state index in [2.05, 4.69) is 21.5 Å². The highest BCUT2D eigenvalue weighted by molar-refractivity contribution is 6.31. The fourth-order valence-corrected chi connectivity index (χ4v) is 3.23. The molecule has 2 N–H and O–H groups in total. The van der Waals surface area contributed by atoms with Crippen molar-refractivity contribution < 1.29 is 18.3 Å². The van der Waals surface area contributed by atoms with Crippen LogP contribution in [-0.2, 0) is 4.79 Å². The lowest BCUT2D eigenvalue weighted by molar-refractivity contribution is -0.134. The Bertz CT molecular complexity index is 1150. The van der Waals surface area contributed by atoms with Crippen LogP contribution in [0.4, 0.5) is 14.6 Å². The Balaban J connectivity index is 1.75. The summed E-state index contributed by atoms with van der Waals surface area (Å²) in [6.07, 6.45) is 3.54. The second-order valence-electron chi connectivity index (χ2n) is 6.36. The number of likely N-dealkylation sites (tertiary alicyclic amines) is 1. The number of nitrogen functional groups attached to an aromatic ring is 1. The molecule has 7 nitrogen and oxygen atoms in total. The van der Waals surface area contributed by atoms with Crippen LogP contribution in [0.1, 0.15) is 0 Å². The fourth-order valence-electron chi connectivity index (χ4n) is 3.07. The Morgan fingerprint density at radius 2 is 2.07 bits per heavy atom. The summed E-state index contributed by atoms with van der Waals surface area (Å²) >= 11 is 5.69. The molecule has 0 atom stereocenters. The van der Waals surface area contributed by atoms with Crippen LogP contribution in [0.25, 0.3) is 22.2 Å². The van der Waals surface area contributed by atoms with E-state index in [1.54, 1.807) is 4.90 Å². The number of aromatic nitrogens is 3. The molecule has 0 saturated carbocycles. The standard InChI is InChI=1S/C19H14ClF2N5O2/c1-2-13(28)27-6-9(7-27)29-12-5-24-17(18-14(12)19(23)26-8-25-18)10-3-4-11(21)15(20)16(10)22/h2-5,8-9H,1,6-7H2,(H2,23,25,26). The molecule has 1 fully saturated rings. The van der Waals surface area contributed by atoms with Crippen molar-refractivity contribution in [3.63, 3.8) is 0 Å². The zero-order chi connectivity index (χ0) is 20.7. The minimum Gasteiger partial charge on any atom is -0.484 e. The molecular weight excluding hydrogens is 404 g/mol. The number of amides is 1. The van der Waals surface area contributed by atoms with Crippen LogP contribution in [0.2, 0.25) is 5.02 Å². The maximum absolute atomic E-state index is 14.5. The number of nitrogens with two attached hydrogens (primary N) is 1. The van der Waals surface area contributed by atoms with E-state index < -0.39 is 16.7 Å². The monoisotopic (exact) mass is 417 g/mol. The zero-order valence-electron chi connectivity index (χ0n) is 14.9. The summed E-state index contributed by atoms with van der Waals surface area (Å²) in [5.41, 5.74) is 6.34. The smallest absolute Gasteiger partial charge is 0.246 e. The molecule has 3 heterocycles. The van der Waals surface area contributed by atoms with Crippen molar-refractivity contribution in [2.45, 2.75) is 6.10 Å². The topological polar surface area (TPSA) is 94.2 Å². The van der Waals surface area contributed by atoms with E-state index >= 15 is 0 Å². The molecule has 1 aliphatic rings. The molecule has 148 valence electrons. The number of ether oxygens (including phenoxy) is 1. The number of rotatable bonds is 4. The number of benzene rings is 1. The highest BCUT2D eigenvalue weighted by Crippen LogP contribution is 2.37. The maximum atomic E-state index is 14.5. The average molecular weight is 418 g/mol. The molecule has 0 spiro atoms. The summed E-state index contributed by atoms with van der Waals surface area (Å²) in [4.78, 5) is 25.5. The summed E-state index contributed by atoms with van der Waals surface area (Å²) in [5, 5.41) is -0.299. The summed E-state index contributed by atoms with van der Waals surface area (Å²) in [7, 11) is 0. The van der Waals surface area contributed by atoms with Gasteiger partial charge in [0.1, 0.15) is 34.6 Å². The van der Waals surface area contributed by atoms with Gasteiger partial charge in [-0.1, -0.05) is 18.2 Å². The van der Waals surface area contributed by atoms with Crippen LogP contribution in [0.15, 0.2) is 37.3 Å². The van der Waals surface area contributed by atoms with Gasteiger partial charge in [-0.05, 0) is 18.2 Å². The number of hydrogen-bond acceptors (Lipinski definition) is 6. The third-order valence-corrected chi connectivity index (χ3v) is 4.92. The summed E-state index contributed by atoms with van der Waals surface area (Å²) in [6.45, 7) is 4.20. The van der Waals surface area contributed by atoms with E-state index in [1.807, 2.05) is 0 Å². The third-order valence-electron chi connectivity index (χ3n) is 4.58. The lowest BCUT2D eigenvalue weighted by Gasteiger charge is -2.38. The zero-order valence-corrected chi connectivity index (χ0v) is 15.7. The van der Waals surface area contributed by atoms with Gasteiger partial charge in [-0.3, -0.25) is 4.79 Å². The SMILES string of the molecule is C=CC(=O)N1CC(Oc2cnc(-c3ccc(F)c(Cl)c3F)c3ncnc(N)c23)C1. The highest BCUT2D eigenvalue weighted by Gasteiger charge is 2.32. The second-order valence-corrected chi connectivity index (χ2v) is 6.74. The minimum absolute atomic E-state index is 0.0301. The lowest BCUT2D eigenvalue weighted by Crippen LogP contribution is -2.55. The number of carbonyl (C=O) groups is 1. The third kappa shape index (κ3) is 3.23. The quantitative estimate of drug-likeness (QED) is 0.518. The molecule has 0 bridgehead atoms. The first-order valence-corrected chi connectivity index (χ1v) is 8.89. The van der Waals surface area contributed by atoms with Crippen LogP contribution in [0, 0.1) is 11.6 Å². The maximum Gasteiger partial charge on any atom is 0.246 e. The van der Waals surface area contributed by atoms with Crippen molar-refractivity contribution in [3.8, 4) is 17.0 Å². The number of anilines is 1. The molecule has 2 aromatic heterocycles. The molecule has 29 heavy (non-hydrogen) atoms. The first kappa shape index (κ1) is 19.0. The number of nitrogens with zero attached hydrogens (tertiary/aromatic N) is 4. The van der Waals surface area contributed by atoms with Crippen LogP contribution in [-0.4, -0.2) is 45.0 Å². The Morgan fingerprint density at radius 3 is 2.79 bits per heavy atom. The van der Waals surface area contributed by atoms with Crippen molar-refractivity contribution in [3.05, 3.63) is 54.0 Å². The van der Waals surface area contributed by atoms with E-state index in [0.717, 1.165) is 6.07 Å². The summed E-state index contributed by atoms with van der Waals surface area (Å²) < 4.78 is 34.0. The molecule has 10 heteroatoms. The number of hydrogen-bond donors (Lipinski definition) is 1. The summed E-state index contributed by atoms with van der Waals surface area (Å²) in [6, 6.07) is 2.27. The Hall–Kier alpha value is -3.33. The van der Waals surface area contributed by atoms with Gasteiger partial charge in [-0.25, -0.2) is 23.7 Å². The predicted molar refractivity (Wildman–Crippen MR) is 103 cm³/mol. The van der Waals surface area contributed by atoms with E-state index in [9.17, 15) is 13.6 Å². The van der Waals surface area contributed by atoms with Gasteiger partial charge in [-0.2, -0.15) is 0 Å². The number of carbonyl (C=O) groups excluding carboxylic acids is 1. The van der Waals surface area contributed by atoms with Gasteiger partial charge in [0.05, 0.1) is 30.4 Å². The van der Waals surface area contributed by atoms with Crippen molar-refractivity contribution in [1.82, 2.24) is 19.9 Å². The molecule has 1 saturated heterocycles. The van der Waals surface area contributed by atoms with Gasteiger partial charge < -0.3 is 15.4 Å². The number of halogens is 3. The Kier molecular flexibility index (Phi) is 4.75. The first-order chi connectivity index (χ1) is 13.9. The predicted octanol–water partition coefficient (Wildman–Crippen LogP) is 2.98. The van der Waals surface area contributed by atoms with Crippen LogP contribution in [0.3, 0.4) is 0 Å². The summed E-state index contributed by atoms with van der Waals surface area (Å²) in [5.74, 6) is -1.61. The molecule has 0 unspecified atom stereocenters. The molecule has 1 aliphatic heterocycles. The molecule has 1 aromatic carbocycles. The normalized spacial score (nSPS) is 14.0. The van der Waals surface area contributed by atoms with E-state index in [4.69, 9.17) is 22.1 Å². The molecule has 4 rings (SSSR count).